The van der Waals surface area contributed by atoms with Gasteiger partial charge in [0, 0.05) is 18.7 Å². The van der Waals surface area contributed by atoms with Gasteiger partial charge in [-0.3, -0.25) is 14.4 Å². The van der Waals surface area contributed by atoms with Crippen LogP contribution in [0.1, 0.15) is 6.42 Å². The molecule has 9 heteroatoms. The second-order valence-electron chi connectivity index (χ2n) is 4.98. The second kappa shape index (κ2) is 6.28. The Morgan fingerprint density at radius 3 is 2.91 bits per heavy atom. The molecule has 1 aromatic heterocycles. The highest BCUT2D eigenvalue weighted by atomic mass is 19.4. The minimum absolute atomic E-state index is 0.0370. The summed E-state index contributed by atoms with van der Waals surface area (Å²) >= 11 is 0. The van der Waals surface area contributed by atoms with Gasteiger partial charge in [-0.1, -0.05) is 6.58 Å². The van der Waals surface area contributed by atoms with Crippen LogP contribution in [0.2, 0.25) is 0 Å². The van der Waals surface area contributed by atoms with Gasteiger partial charge in [0.1, 0.15) is 6.54 Å². The van der Waals surface area contributed by atoms with Crippen molar-refractivity contribution in [2.24, 2.45) is 0 Å². The smallest absolute Gasteiger partial charge is 0.378 e. The molecule has 0 saturated carbocycles. The molecule has 2 heterocycles. The molecule has 1 aliphatic heterocycles. The van der Waals surface area contributed by atoms with Crippen LogP contribution in [-0.2, 0) is 16.1 Å². The van der Waals surface area contributed by atoms with Crippen LogP contribution in [0.5, 0.6) is 0 Å². The monoisotopic (exact) mass is 326 g/mol. The highest BCUT2D eigenvalue weighted by Crippen LogP contribution is 2.31. The van der Waals surface area contributed by atoms with E-state index in [0.717, 1.165) is 23.4 Å². The van der Waals surface area contributed by atoms with Crippen LogP contribution in [0, 0.1) is 11.3 Å². The maximum Gasteiger partial charge on any atom is 0.408 e. The standard InChI is InChI=1S/C14H13F3N4O2/c1-2-3-12(22)21(13(8-18)4-5-23-10-13)11-6-19-20(7-11)9-14(15,16)17/h3,6-7H,1,4-5,9-10H2. The number of carbonyl (C=O) groups is 1. The molecule has 1 fully saturated rings. The predicted octanol–water partition coefficient (Wildman–Crippen LogP) is 1.80. The Bertz CT molecular complexity index is 677. The molecule has 6 nitrogen and oxygen atoms in total. The average Bonchev–Trinajstić information content (AvgIpc) is 3.08. The summed E-state index contributed by atoms with van der Waals surface area (Å²) in [6.07, 6.45) is -1.01. The van der Waals surface area contributed by atoms with Gasteiger partial charge in [0.15, 0.2) is 5.54 Å². The summed E-state index contributed by atoms with van der Waals surface area (Å²) in [4.78, 5) is 13.4. The highest BCUT2D eigenvalue weighted by molar-refractivity contribution is 6.02. The zero-order valence-corrected chi connectivity index (χ0v) is 12.0. The number of nitrogens with zero attached hydrogens (tertiary/aromatic N) is 4. The van der Waals surface area contributed by atoms with Crippen LogP contribution in [-0.4, -0.2) is 40.6 Å². The van der Waals surface area contributed by atoms with E-state index in [-0.39, 0.29) is 25.3 Å². The second-order valence-corrected chi connectivity index (χ2v) is 4.98. The molecule has 1 unspecified atom stereocenters. The first kappa shape index (κ1) is 16.8. The molecule has 1 amide bonds. The summed E-state index contributed by atoms with van der Waals surface area (Å²) in [6.45, 7) is 2.24. The van der Waals surface area contributed by atoms with Crippen molar-refractivity contribution in [2.45, 2.75) is 24.7 Å². The van der Waals surface area contributed by atoms with Gasteiger partial charge in [-0.25, -0.2) is 0 Å². The molecule has 0 radical (unpaired) electrons. The molecule has 0 bridgehead atoms. The van der Waals surface area contributed by atoms with Gasteiger partial charge in [0.05, 0.1) is 31.2 Å². The van der Waals surface area contributed by atoms with Crippen molar-refractivity contribution in [3.63, 3.8) is 0 Å². The Morgan fingerprint density at radius 2 is 2.39 bits per heavy atom. The van der Waals surface area contributed by atoms with E-state index in [2.05, 4.69) is 17.4 Å². The SMILES string of the molecule is C=C=CC(=O)N(c1cnn(CC(F)(F)F)c1)C1(C#N)CCOC1. The quantitative estimate of drug-likeness (QED) is 0.625. The van der Waals surface area contributed by atoms with Crippen molar-refractivity contribution in [3.05, 3.63) is 30.8 Å². The normalized spacial score (nSPS) is 20.6. The van der Waals surface area contributed by atoms with Crippen molar-refractivity contribution in [1.82, 2.24) is 9.78 Å². The van der Waals surface area contributed by atoms with Crippen LogP contribution >= 0.6 is 0 Å². The van der Waals surface area contributed by atoms with Crippen LogP contribution in [0.3, 0.4) is 0 Å². The fourth-order valence-corrected chi connectivity index (χ4v) is 2.34. The Balaban J connectivity index is 2.41. The van der Waals surface area contributed by atoms with Gasteiger partial charge >= 0.3 is 6.18 Å². The third kappa shape index (κ3) is 3.62. The van der Waals surface area contributed by atoms with E-state index >= 15 is 0 Å². The van der Waals surface area contributed by atoms with E-state index in [0.29, 0.717) is 4.68 Å². The van der Waals surface area contributed by atoms with Gasteiger partial charge in [-0.05, 0) is 0 Å². The molecule has 0 N–H and O–H groups in total. The fourth-order valence-electron chi connectivity index (χ4n) is 2.34. The van der Waals surface area contributed by atoms with E-state index in [4.69, 9.17) is 4.74 Å². The summed E-state index contributed by atoms with van der Waals surface area (Å²) in [5.41, 5.74) is 1.09. The van der Waals surface area contributed by atoms with Crippen molar-refractivity contribution >= 4 is 11.6 Å². The maximum atomic E-state index is 12.4. The summed E-state index contributed by atoms with van der Waals surface area (Å²) in [6, 6.07) is 2.03. The van der Waals surface area contributed by atoms with E-state index in [1.165, 1.54) is 0 Å². The van der Waals surface area contributed by atoms with Gasteiger partial charge in [-0.15, -0.1) is 5.73 Å². The van der Waals surface area contributed by atoms with Gasteiger partial charge in [-0.2, -0.15) is 23.5 Å². The van der Waals surface area contributed by atoms with Crippen LogP contribution in [0.25, 0.3) is 0 Å². The number of carbonyl (C=O) groups excluding carboxylic acids is 1. The number of rotatable bonds is 4. The summed E-state index contributed by atoms with van der Waals surface area (Å²) in [5.74, 6) is -0.626. The first-order valence-corrected chi connectivity index (χ1v) is 6.59. The lowest BCUT2D eigenvalue weighted by Crippen LogP contribution is -2.51. The molecule has 2 rings (SSSR count). The maximum absolute atomic E-state index is 12.4. The third-order valence-corrected chi connectivity index (χ3v) is 3.30. The lowest BCUT2D eigenvalue weighted by Gasteiger charge is -2.32. The number of alkyl halides is 3. The van der Waals surface area contributed by atoms with Crippen molar-refractivity contribution in [2.75, 3.05) is 18.1 Å². The Hall–Kier alpha value is -2.56. The molecule has 0 aromatic carbocycles. The number of aromatic nitrogens is 2. The number of ether oxygens (including phenoxy) is 1. The minimum atomic E-state index is -4.44. The zero-order chi connectivity index (χ0) is 17.1. The Kier molecular flexibility index (Phi) is 4.59. The summed E-state index contributed by atoms with van der Waals surface area (Å²) in [7, 11) is 0. The molecule has 1 atom stereocenters. The number of amides is 1. The Labute approximate surface area is 130 Å². The van der Waals surface area contributed by atoms with Crippen molar-refractivity contribution in [3.8, 4) is 6.07 Å². The average molecular weight is 326 g/mol. The van der Waals surface area contributed by atoms with Crippen molar-refractivity contribution in [1.29, 1.82) is 5.26 Å². The fraction of sp³-hybridized carbons (Fsp3) is 0.429. The zero-order valence-electron chi connectivity index (χ0n) is 12.0. The molecular formula is C14H13F3N4O2. The van der Waals surface area contributed by atoms with E-state index in [9.17, 15) is 23.2 Å². The van der Waals surface area contributed by atoms with E-state index < -0.39 is 24.2 Å². The van der Waals surface area contributed by atoms with Crippen LogP contribution in [0.4, 0.5) is 18.9 Å². The lowest BCUT2D eigenvalue weighted by molar-refractivity contribution is -0.142. The third-order valence-electron chi connectivity index (χ3n) is 3.30. The first-order valence-electron chi connectivity index (χ1n) is 6.59. The molecule has 23 heavy (non-hydrogen) atoms. The van der Waals surface area contributed by atoms with E-state index in [1.54, 1.807) is 0 Å². The molecule has 0 aliphatic carbocycles. The molecule has 1 saturated heterocycles. The number of hydrogen-bond donors (Lipinski definition) is 0. The molecule has 1 aromatic rings. The first-order chi connectivity index (χ1) is 10.8. The van der Waals surface area contributed by atoms with Crippen molar-refractivity contribution < 1.29 is 22.7 Å². The van der Waals surface area contributed by atoms with Gasteiger partial charge in [0.2, 0.25) is 0 Å². The van der Waals surface area contributed by atoms with Gasteiger partial charge in [0.25, 0.3) is 5.91 Å². The van der Waals surface area contributed by atoms with Crippen LogP contribution < -0.4 is 4.90 Å². The molecular weight excluding hydrogens is 313 g/mol. The largest absolute Gasteiger partial charge is 0.408 e. The van der Waals surface area contributed by atoms with Crippen LogP contribution in [0.15, 0.2) is 30.8 Å². The summed E-state index contributed by atoms with van der Waals surface area (Å²) in [5, 5.41) is 13.1. The number of anilines is 1. The molecule has 0 spiro atoms. The highest BCUT2D eigenvalue weighted by Gasteiger charge is 2.44. The molecule has 1 aliphatic rings. The Morgan fingerprint density at radius 1 is 1.65 bits per heavy atom. The topological polar surface area (TPSA) is 71.2 Å². The number of hydrogen-bond acceptors (Lipinski definition) is 4. The lowest BCUT2D eigenvalue weighted by atomic mass is 9.97. The minimum Gasteiger partial charge on any atom is -0.378 e. The van der Waals surface area contributed by atoms with Gasteiger partial charge < -0.3 is 4.74 Å². The van der Waals surface area contributed by atoms with E-state index in [1.807, 2.05) is 6.07 Å². The number of halogens is 3. The summed E-state index contributed by atoms with van der Waals surface area (Å²) < 4.78 is 43.2. The predicted molar refractivity (Wildman–Crippen MR) is 73.3 cm³/mol. The number of nitriles is 1. The molecule has 122 valence electrons.